The van der Waals surface area contributed by atoms with E-state index in [1.54, 1.807) is 20.8 Å². The van der Waals surface area contributed by atoms with E-state index in [-0.39, 0.29) is 15.4 Å². The van der Waals surface area contributed by atoms with Gasteiger partial charge >= 0.3 is 0 Å². The van der Waals surface area contributed by atoms with E-state index in [2.05, 4.69) is 15.5 Å². The lowest BCUT2D eigenvalue weighted by Crippen LogP contribution is -2.31. The number of nitrogens with zero attached hydrogens (tertiary/aromatic N) is 3. The Morgan fingerprint density at radius 3 is 2.27 bits per heavy atom. The van der Waals surface area contributed by atoms with Crippen molar-refractivity contribution in [1.82, 2.24) is 14.5 Å². The number of hydrogen-bond donors (Lipinski definition) is 1. The van der Waals surface area contributed by atoms with Crippen molar-refractivity contribution in [2.45, 2.75) is 50.8 Å². The molecule has 1 fully saturated rings. The lowest BCUT2D eigenvalue weighted by atomic mass is 9.96. The van der Waals surface area contributed by atoms with Gasteiger partial charge in [0.05, 0.1) is 0 Å². The fraction of sp³-hybridized carbons (Fsp3) is 0.769. The first-order valence-electron chi connectivity index (χ1n) is 7.36. The lowest BCUT2D eigenvalue weighted by molar-refractivity contribution is -0.123. The van der Waals surface area contributed by atoms with Gasteiger partial charge in [-0.25, -0.2) is 8.42 Å². The second-order valence-electron chi connectivity index (χ2n) is 6.40. The third kappa shape index (κ3) is 4.02. The Labute approximate surface area is 135 Å². The minimum absolute atomic E-state index is 0.0568. The van der Waals surface area contributed by atoms with Crippen LogP contribution in [0.15, 0.2) is 4.34 Å². The van der Waals surface area contributed by atoms with Crippen molar-refractivity contribution in [3.8, 4) is 0 Å². The van der Waals surface area contributed by atoms with E-state index in [9.17, 15) is 13.2 Å². The molecule has 1 amide bonds. The summed E-state index contributed by atoms with van der Waals surface area (Å²) in [7, 11) is -3.61. The van der Waals surface area contributed by atoms with Crippen LogP contribution in [0.2, 0.25) is 0 Å². The van der Waals surface area contributed by atoms with Crippen molar-refractivity contribution in [3.63, 3.8) is 0 Å². The maximum Gasteiger partial charge on any atom is 0.272 e. The van der Waals surface area contributed by atoms with Crippen molar-refractivity contribution < 1.29 is 13.2 Å². The first-order valence-corrected chi connectivity index (χ1v) is 9.62. The highest BCUT2D eigenvalue weighted by Gasteiger charge is 2.30. The molecule has 2 heterocycles. The molecule has 124 valence electrons. The maximum atomic E-state index is 12.6. The number of carbonyl (C=O) groups excluding carboxylic acids is 1. The maximum absolute atomic E-state index is 12.6. The summed E-state index contributed by atoms with van der Waals surface area (Å²) in [6.07, 6.45) is 3.83. The Kier molecular flexibility index (Phi) is 5.18. The quantitative estimate of drug-likeness (QED) is 0.846. The van der Waals surface area contributed by atoms with E-state index in [1.807, 2.05) is 0 Å². The molecule has 0 spiro atoms. The first kappa shape index (κ1) is 17.3. The van der Waals surface area contributed by atoms with E-state index in [0.717, 1.165) is 37.0 Å². The van der Waals surface area contributed by atoms with Gasteiger partial charge in [0.15, 0.2) is 0 Å². The van der Waals surface area contributed by atoms with E-state index in [1.165, 1.54) is 4.31 Å². The zero-order valence-corrected chi connectivity index (χ0v) is 14.8. The summed E-state index contributed by atoms with van der Waals surface area (Å²) in [5, 5.41) is 10.4. The standard InChI is InChI=1S/C13H22N4O3S2/c1-13(2,3)10(18)14-11-15-16-12(21-11)22(19,20)17-8-6-4-5-7-9-17/h4-9H2,1-3H3,(H,14,15,18). The van der Waals surface area contributed by atoms with Gasteiger partial charge in [0, 0.05) is 18.5 Å². The van der Waals surface area contributed by atoms with Crippen LogP contribution >= 0.6 is 11.3 Å². The second kappa shape index (κ2) is 6.59. The predicted molar refractivity (Wildman–Crippen MR) is 85.2 cm³/mol. The number of hydrogen-bond acceptors (Lipinski definition) is 6. The van der Waals surface area contributed by atoms with Crippen LogP contribution < -0.4 is 5.32 Å². The monoisotopic (exact) mass is 346 g/mol. The molecule has 0 aromatic carbocycles. The number of carbonyl (C=O) groups is 1. The zero-order chi connectivity index (χ0) is 16.4. The highest BCUT2D eigenvalue weighted by atomic mass is 32.2. The van der Waals surface area contributed by atoms with Gasteiger partial charge in [-0.1, -0.05) is 44.9 Å². The molecule has 22 heavy (non-hydrogen) atoms. The molecule has 0 bridgehead atoms. The number of amides is 1. The topological polar surface area (TPSA) is 92.3 Å². The summed E-state index contributed by atoms with van der Waals surface area (Å²) in [6, 6.07) is 0. The van der Waals surface area contributed by atoms with Gasteiger partial charge in [0.1, 0.15) is 0 Å². The van der Waals surface area contributed by atoms with Crippen LogP contribution in [0.5, 0.6) is 0 Å². The fourth-order valence-corrected chi connectivity index (χ4v) is 4.59. The largest absolute Gasteiger partial charge is 0.300 e. The molecular weight excluding hydrogens is 324 g/mol. The summed E-state index contributed by atoms with van der Waals surface area (Å²) in [6.45, 7) is 6.37. The molecule has 1 aliphatic rings. The van der Waals surface area contributed by atoms with Gasteiger partial charge in [-0.2, -0.15) is 4.31 Å². The minimum Gasteiger partial charge on any atom is -0.300 e. The fourth-order valence-electron chi connectivity index (χ4n) is 2.04. The third-order valence-electron chi connectivity index (χ3n) is 3.43. The van der Waals surface area contributed by atoms with Gasteiger partial charge < -0.3 is 5.32 Å². The zero-order valence-electron chi connectivity index (χ0n) is 13.1. The van der Waals surface area contributed by atoms with Crippen LogP contribution in [0.1, 0.15) is 46.5 Å². The summed E-state index contributed by atoms with van der Waals surface area (Å²) in [5.41, 5.74) is -0.574. The van der Waals surface area contributed by atoms with Crippen LogP contribution in [-0.2, 0) is 14.8 Å². The van der Waals surface area contributed by atoms with Crippen molar-refractivity contribution in [1.29, 1.82) is 0 Å². The second-order valence-corrected chi connectivity index (χ2v) is 9.48. The van der Waals surface area contributed by atoms with Crippen molar-refractivity contribution >= 4 is 32.4 Å². The molecule has 0 saturated carbocycles. The molecule has 9 heteroatoms. The van der Waals surface area contributed by atoms with Crippen LogP contribution in [-0.4, -0.2) is 41.9 Å². The molecule has 1 aliphatic heterocycles. The molecule has 0 unspecified atom stereocenters. The normalized spacial score (nSPS) is 18.0. The SMILES string of the molecule is CC(C)(C)C(=O)Nc1nnc(S(=O)(=O)N2CCCCCC2)s1. The average Bonchev–Trinajstić information content (AvgIpc) is 2.72. The molecule has 1 aromatic rings. The lowest BCUT2D eigenvalue weighted by Gasteiger charge is -2.17. The Balaban J connectivity index is 2.14. The van der Waals surface area contributed by atoms with Gasteiger partial charge in [0.25, 0.3) is 10.0 Å². The molecule has 1 saturated heterocycles. The minimum atomic E-state index is -3.61. The third-order valence-corrected chi connectivity index (χ3v) is 6.52. The van der Waals surface area contributed by atoms with Gasteiger partial charge in [-0.15, -0.1) is 10.2 Å². The van der Waals surface area contributed by atoms with Crippen LogP contribution in [0.25, 0.3) is 0 Å². The molecule has 0 radical (unpaired) electrons. The van der Waals surface area contributed by atoms with E-state index < -0.39 is 15.4 Å². The summed E-state index contributed by atoms with van der Waals surface area (Å²) >= 11 is 0.901. The molecule has 2 rings (SSSR count). The van der Waals surface area contributed by atoms with E-state index in [0.29, 0.717) is 13.1 Å². The van der Waals surface area contributed by atoms with Crippen LogP contribution in [0.4, 0.5) is 5.13 Å². The molecular formula is C13H22N4O3S2. The smallest absolute Gasteiger partial charge is 0.272 e. The summed E-state index contributed by atoms with van der Waals surface area (Å²) in [5.74, 6) is -0.220. The number of sulfonamides is 1. The highest BCUT2D eigenvalue weighted by molar-refractivity contribution is 7.91. The highest BCUT2D eigenvalue weighted by Crippen LogP contribution is 2.26. The number of nitrogens with one attached hydrogen (secondary N) is 1. The number of rotatable bonds is 3. The molecule has 1 N–H and O–H groups in total. The predicted octanol–water partition coefficient (Wildman–Crippen LogP) is 2.09. The molecule has 1 aromatic heterocycles. The number of anilines is 1. The Morgan fingerprint density at radius 2 is 1.73 bits per heavy atom. The molecule has 0 atom stereocenters. The summed E-state index contributed by atoms with van der Waals surface area (Å²) < 4.78 is 26.5. The molecule has 7 nitrogen and oxygen atoms in total. The van der Waals surface area contributed by atoms with Crippen LogP contribution in [0, 0.1) is 5.41 Å². The van der Waals surface area contributed by atoms with E-state index in [4.69, 9.17) is 0 Å². The van der Waals surface area contributed by atoms with Crippen molar-refractivity contribution in [2.75, 3.05) is 18.4 Å². The van der Waals surface area contributed by atoms with Gasteiger partial charge in [-0.05, 0) is 12.8 Å². The van der Waals surface area contributed by atoms with Crippen molar-refractivity contribution in [2.24, 2.45) is 5.41 Å². The van der Waals surface area contributed by atoms with E-state index >= 15 is 0 Å². The Morgan fingerprint density at radius 1 is 1.14 bits per heavy atom. The van der Waals surface area contributed by atoms with Gasteiger partial charge in [-0.3, -0.25) is 4.79 Å². The Bertz CT molecular complexity index is 626. The van der Waals surface area contributed by atoms with Gasteiger partial charge in [0.2, 0.25) is 15.4 Å². The first-order chi connectivity index (χ1) is 10.2. The summed E-state index contributed by atoms with van der Waals surface area (Å²) in [4.78, 5) is 11.9. The average molecular weight is 346 g/mol. The Hall–Kier alpha value is -1.06. The van der Waals surface area contributed by atoms with Crippen molar-refractivity contribution in [3.05, 3.63) is 0 Å². The van der Waals surface area contributed by atoms with Crippen LogP contribution in [0.3, 0.4) is 0 Å². The molecule has 0 aliphatic carbocycles. The number of aromatic nitrogens is 2.